The van der Waals surface area contributed by atoms with Crippen LogP contribution in [0.15, 0.2) is 5.38 Å². The average Bonchev–Trinajstić information content (AvgIpc) is 2.67. The van der Waals surface area contributed by atoms with Crippen LogP contribution in [0.3, 0.4) is 0 Å². The number of thiazole rings is 1. The minimum absolute atomic E-state index is 0.202. The molecule has 0 saturated carbocycles. The van der Waals surface area contributed by atoms with Crippen LogP contribution in [0.2, 0.25) is 0 Å². The molecule has 2 N–H and O–H groups in total. The Morgan fingerprint density at radius 2 is 2.13 bits per heavy atom. The van der Waals surface area contributed by atoms with Crippen LogP contribution in [0, 0.1) is 0 Å². The van der Waals surface area contributed by atoms with Gasteiger partial charge in [-0.3, -0.25) is 0 Å². The molecule has 0 amide bonds. The van der Waals surface area contributed by atoms with Crippen molar-refractivity contribution in [1.29, 1.82) is 0 Å². The van der Waals surface area contributed by atoms with Gasteiger partial charge in [-0.1, -0.05) is 34.1 Å². The Labute approximate surface area is 96.9 Å². The molecule has 0 aliphatic heterocycles. The monoisotopic (exact) mass is 226 g/mol. The number of hydrogen-bond acceptors (Lipinski definition) is 3. The van der Waals surface area contributed by atoms with Crippen molar-refractivity contribution in [3.05, 3.63) is 16.1 Å². The molecule has 0 bridgehead atoms. The molecule has 1 heterocycles. The van der Waals surface area contributed by atoms with E-state index in [-0.39, 0.29) is 5.54 Å². The van der Waals surface area contributed by atoms with E-state index in [4.69, 9.17) is 5.73 Å². The van der Waals surface area contributed by atoms with Crippen molar-refractivity contribution < 1.29 is 0 Å². The van der Waals surface area contributed by atoms with E-state index < -0.39 is 0 Å². The molecule has 0 fully saturated rings. The van der Waals surface area contributed by atoms with Gasteiger partial charge in [0.1, 0.15) is 5.01 Å². The average molecular weight is 226 g/mol. The molecule has 1 rings (SSSR count). The van der Waals surface area contributed by atoms with Crippen LogP contribution >= 0.6 is 11.3 Å². The molecular formula is C12H22N2S. The second kappa shape index (κ2) is 5.08. The smallest absolute Gasteiger partial charge is 0.113 e. The molecule has 1 unspecified atom stereocenters. The van der Waals surface area contributed by atoms with Gasteiger partial charge in [-0.2, -0.15) is 0 Å². The highest BCUT2D eigenvalue weighted by Crippen LogP contribution is 2.31. The summed E-state index contributed by atoms with van der Waals surface area (Å²) < 4.78 is 0. The predicted octanol–water partition coefficient (Wildman–Crippen LogP) is 3.63. The topological polar surface area (TPSA) is 38.9 Å². The van der Waals surface area contributed by atoms with Gasteiger partial charge in [0.15, 0.2) is 0 Å². The molecule has 2 nitrogen and oxygen atoms in total. The van der Waals surface area contributed by atoms with Gasteiger partial charge in [0.2, 0.25) is 0 Å². The van der Waals surface area contributed by atoms with Crippen molar-refractivity contribution in [2.45, 2.75) is 58.4 Å². The standard InChI is InChI=1S/C12H22N2S/c1-5-7-12(13,6-2)11-14-10(8-15-11)9(3)4/h8-9H,5-7,13H2,1-4H3. The Balaban J connectivity index is 2.92. The van der Waals surface area contributed by atoms with Gasteiger partial charge in [-0.15, -0.1) is 11.3 Å². The second-order valence-corrected chi connectivity index (χ2v) is 5.35. The van der Waals surface area contributed by atoms with Gasteiger partial charge in [0, 0.05) is 5.38 Å². The Hall–Kier alpha value is -0.410. The summed E-state index contributed by atoms with van der Waals surface area (Å²) in [4.78, 5) is 4.66. The number of aromatic nitrogens is 1. The summed E-state index contributed by atoms with van der Waals surface area (Å²) in [5.41, 5.74) is 7.36. The van der Waals surface area contributed by atoms with E-state index in [2.05, 4.69) is 38.1 Å². The lowest BCUT2D eigenvalue weighted by atomic mass is 9.93. The highest BCUT2D eigenvalue weighted by atomic mass is 32.1. The summed E-state index contributed by atoms with van der Waals surface area (Å²) in [7, 11) is 0. The Morgan fingerprint density at radius 1 is 1.47 bits per heavy atom. The Kier molecular flexibility index (Phi) is 4.29. The number of hydrogen-bond donors (Lipinski definition) is 1. The fourth-order valence-electron chi connectivity index (χ4n) is 1.66. The molecule has 15 heavy (non-hydrogen) atoms. The molecule has 1 aromatic heterocycles. The Bertz CT molecular complexity index is 306. The molecular weight excluding hydrogens is 204 g/mol. The molecule has 86 valence electrons. The molecule has 0 spiro atoms. The first-order valence-corrected chi connectivity index (χ1v) is 6.66. The summed E-state index contributed by atoms with van der Waals surface area (Å²) in [6.07, 6.45) is 3.10. The van der Waals surface area contributed by atoms with Crippen LogP contribution < -0.4 is 5.73 Å². The van der Waals surface area contributed by atoms with E-state index in [9.17, 15) is 0 Å². The summed E-state index contributed by atoms with van der Waals surface area (Å²) in [6.45, 7) is 8.66. The van der Waals surface area contributed by atoms with Crippen molar-refractivity contribution in [3.8, 4) is 0 Å². The van der Waals surface area contributed by atoms with E-state index >= 15 is 0 Å². The van der Waals surface area contributed by atoms with E-state index in [1.807, 2.05) is 0 Å². The SMILES string of the molecule is CCCC(N)(CC)c1nc(C(C)C)cs1. The number of nitrogens with two attached hydrogens (primary N) is 1. The molecule has 0 aromatic carbocycles. The van der Waals surface area contributed by atoms with Crippen molar-refractivity contribution in [2.75, 3.05) is 0 Å². The van der Waals surface area contributed by atoms with Crippen molar-refractivity contribution in [2.24, 2.45) is 5.73 Å². The molecule has 0 aliphatic rings. The summed E-state index contributed by atoms with van der Waals surface area (Å²) in [5, 5.41) is 3.25. The van der Waals surface area contributed by atoms with E-state index in [1.165, 1.54) is 5.69 Å². The van der Waals surface area contributed by atoms with Crippen molar-refractivity contribution >= 4 is 11.3 Å². The van der Waals surface area contributed by atoms with E-state index in [0.717, 1.165) is 24.3 Å². The third-order valence-corrected chi connectivity index (χ3v) is 3.95. The quantitative estimate of drug-likeness (QED) is 0.832. The maximum atomic E-state index is 6.39. The first-order chi connectivity index (χ1) is 7.03. The zero-order chi connectivity index (χ0) is 11.5. The molecule has 0 radical (unpaired) electrons. The highest BCUT2D eigenvalue weighted by Gasteiger charge is 2.27. The van der Waals surface area contributed by atoms with E-state index in [1.54, 1.807) is 11.3 Å². The first-order valence-electron chi connectivity index (χ1n) is 5.78. The number of rotatable bonds is 5. The fraction of sp³-hybridized carbons (Fsp3) is 0.750. The van der Waals surface area contributed by atoms with Gasteiger partial charge >= 0.3 is 0 Å². The van der Waals surface area contributed by atoms with Crippen LogP contribution in [0.5, 0.6) is 0 Å². The normalized spacial score (nSPS) is 15.6. The third kappa shape index (κ3) is 2.79. The largest absolute Gasteiger partial charge is 0.319 e. The zero-order valence-electron chi connectivity index (χ0n) is 10.2. The van der Waals surface area contributed by atoms with Gasteiger partial charge in [0.25, 0.3) is 0 Å². The summed E-state index contributed by atoms with van der Waals surface area (Å²) in [5.74, 6) is 0.498. The zero-order valence-corrected chi connectivity index (χ0v) is 11.0. The third-order valence-electron chi connectivity index (χ3n) is 2.87. The second-order valence-electron chi connectivity index (χ2n) is 4.49. The lowest BCUT2D eigenvalue weighted by Crippen LogP contribution is -2.35. The lowest BCUT2D eigenvalue weighted by molar-refractivity contribution is 0.387. The molecule has 1 atom stereocenters. The Morgan fingerprint density at radius 3 is 2.53 bits per heavy atom. The van der Waals surface area contributed by atoms with Crippen LogP contribution in [-0.2, 0) is 5.54 Å². The molecule has 0 saturated heterocycles. The summed E-state index contributed by atoms with van der Waals surface area (Å²) >= 11 is 1.71. The highest BCUT2D eigenvalue weighted by molar-refractivity contribution is 7.09. The minimum Gasteiger partial charge on any atom is -0.319 e. The molecule has 1 aromatic rings. The molecule has 0 aliphatic carbocycles. The predicted molar refractivity (Wildman–Crippen MR) is 67.3 cm³/mol. The minimum atomic E-state index is -0.202. The maximum absolute atomic E-state index is 6.39. The van der Waals surface area contributed by atoms with Crippen molar-refractivity contribution in [1.82, 2.24) is 4.98 Å². The van der Waals surface area contributed by atoms with Crippen LogP contribution in [0.25, 0.3) is 0 Å². The van der Waals surface area contributed by atoms with Crippen molar-refractivity contribution in [3.63, 3.8) is 0 Å². The summed E-state index contributed by atoms with van der Waals surface area (Å²) in [6, 6.07) is 0. The van der Waals surface area contributed by atoms with E-state index in [0.29, 0.717) is 5.92 Å². The molecule has 3 heteroatoms. The maximum Gasteiger partial charge on any atom is 0.113 e. The lowest BCUT2D eigenvalue weighted by Gasteiger charge is -2.25. The van der Waals surface area contributed by atoms with Crippen LogP contribution in [0.4, 0.5) is 0 Å². The van der Waals surface area contributed by atoms with Crippen LogP contribution in [-0.4, -0.2) is 4.98 Å². The van der Waals surface area contributed by atoms with Gasteiger partial charge in [0.05, 0.1) is 11.2 Å². The van der Waals surface area contributed by atoms with Gasteiger partial charge in [-0.05, 0) is 18.8 Å². The van der Waals surface area contributed by atoms with Gasteiger partial charge < -0.3 is 5.73 Å². The number of nitrogens with zero attached hydrogens (tertiary/aromatic N) is 1. The fourth-order valence-corrected chi connectivity index (χ4v) is 2.86. The van der Waals surface area contributed by atoms with Crippen LogP contribution in [0.1, 0.15) is 63.6 Å². The first kappa shape index (κ1) is 12.7. The van der Waals surface area contributed by atoms with Gasteiger partial charge in [-0.25, -0.2) is 4.98 Å².